The molecule has 3 saturated heterocycles. The van der Waals surface area contributed by atoms with Crippen molar-refractivity contribution in [1.82, 2.24) is 15.5 Å². The molecule has 3 aliphatic rings. The SMILES string of the molecule is CC1(NC(=O)CN2CC3CNCC3C2)CCS(=O)(=O)C1. The van der Waals surface area contributed by atoms with Gasteiger partial charge in [-0.15, -0.1) is 0 Å². The van der Waals surface area contributed by atoms with Gasteiger partial charge in [-0.3, -0.25) is 9.69 Å². The van der Waals surface area contributed by atoms with Crippen LogP contribution in [0.4, 0.5) is 0 Å². The van der Waals surface area contributed by atoms with Crippen LogP contribution in [0.25, 0.3) is 0 Å². The summed E-state index contributed by atoms with van der Waals surface area (Å²) in [7, 11) is -2.98. The quantitative estimate of drug-likeness (QED) is 0.687. The maximum Gasteiger partial charge on any atom is 0.234 e. The van der Waals surface area contributed by atoms with Crippen LogP contribution in [0.15, 0.2) is 0 Å². The van der Waals surface area contributed by atoms with Crippen molar-refractivity contribution >= 4 is 15.7 Å². The van der Waals surface area contributed by atoms with Crippen LogP contribution in [-0.2, 0) is 14.6 Å². The van der Waals surface area contributed by atoms with Crippen LogP contribution in [0.3, 0.4) is 0 Å². The Hall–Kier alpha value is -0.660. The highest BCUT2D eigenvalue weighted by Crippen LogP contribution is 2.26. The predicted molar refractivity (Wildman–Crippen MR) is 76.1 cm³/mol. The predicted octanol–water partition coefficient (Wildman–Crippen LogP) is -1.17. The Morgan fingerprint density at radius 2 is 2.00 bits per heavy atom. The van der Waals surface area contributed by atoms with Gasteiger partial charge in [0.2, 0.25) is 5.91 Å². The molecule has 3 fully saturated rings. The van der Waals surface area contributed by atoms with Crippen molar-refractivity contribution in [2.45, 2.75) is 18.9 Å². The maximum atomic E-state index is 12.1. The minimum Gasteiger partial charge on any atom is -0.349 e. The number of fused-ring (bicyclic) bond motifs is 1. The van der Waals surface area contributed by atoms with Gasteiger partial charge in [0, 0.05) is 13.1 Å². The number of carbonyl (C=O) groups is 1. The van der Waals surface area contributed by atoms with E-state index in [4.69, 9.17) is 0 Å². The van der Waals surface area contributed by atoms with Crippen molar-refractivity contribution < 1.29 is 13.2 Å². The van der Waals surface area contributed by atoms with Gasteiger partial charge in [0.15, 0.2) is 9.84 Å². The smallest absolute Gasteiger partial charge is 0.234 e. The maximum absolute atomic E-state index is 12.1. The van der Waals surface area contributed by atoms with Crippen LogP contribution in [0, 0.1) is 11.8 Å². The average molecular weight is 301 g/mol. The van der Waals surface area contributed by atoms with Gasteiger partial charge in [0.05, 0.1) is 23.6 Å². The number of nitrogens with zero attached hydrogens (tertiary/aromatic N) is 1. The first-order valence-electron chi connectivity index (χ1n) is 7.30. The van der Waals surface area contributed by atoms with E-state index in [0.29, 0.717) is 24.8 Å². The molecule has 0 bridgehead atoms. The summed E-state index contributed by atoms with van der Waals surface area (Å²) in [5.74, 6) is 1.55. The first kappa shape index (κ1) is 14.3. The van der Waals surface area contributed by atoms with E-state index in [0.717, 1.165) is 26.2 Å². The summed E-state index contributed by atoms with van der Waals surface area (Å²) in [6.07, 6.45) is 0.524. The third kappa shape index (κ3) is 2.99. The third-order valence-electron chi connectivity index (χ3n) is 4.78. The molecule has 3 heterocycles. The Kier molecular flexibility index (Phi) is 3.54. The fourth-order valence-electron chi connectivity index (χ4n) is 3.77. The fraction of sp³-hybridized carbons (Fsp3) is 0.923. The normalized spacial score (nSPS) is 39.9. The molecular weight excluding hydrogens is 278 g/mol. The van der Waals surface area contributed by atoms with Gasteiger partial charge in [-0.1, -0.05) is 0 Å². The Bertz CT molecular complexity index is 495. The van der Waals surface area contributed by atoms with Crippen molar-refractivity contribution in [3.05, 3.63) is 0 Å². The van der Waals surface area contributed by atoms with Crippen molar-refractivity contribution in [3.63, 3.8) is 0 Å². The molecule has 2 N–H and O–H groups in total. The number of sulfone groups is 1. The highest BCUT2D eigenvalue weighted by atomic mass is 32.2. The molecule has 0 aromatic heterocycles. The molecule has 6 nitrogen and oxygen atoms in total. The zero-order valence-corrected chi connectivity index (χ0v) is 12.7. The number of nitrogens with one attached hydrogen (secondary N) is 2. The largest absolute Gasteiger partial charge is 0.349 e. The van der Waals surface area contributed by atoms with E-state index >= 15 is 0 Å². The lowest BCUT2D eigenvalue weighted by Gasteiger charge is -2.25. The van der Waals surface area contributed by atoms with Gasteiger partial charge in [0.1, 0.15) is 0 Å². The van der Waals surface area contributed by atoms with E-state index in [1.165, 1.54) is 0 Å². The van der Waals surface area contributed by atoms with E-state index in [1.807, 2.05) is 6.92 Å². The molecule has 0 aliphatic carbocycles. The molecule has 0 aromatic rings. The van der Waals surface area contributed by atoms with Crippen LogP contribution < -0.4 is 10.6 Å². The molecular formula is C13H23N3O3S. The first-order valence-corrected chi connectivity index (χ1v) is 9.12. The summed E-state index contributed by atoms with van der Waals surface area (Å²) in [5, 5.41) is 6.31. The Labute approximate surface area is 120 Å². The molecule has 3 aliphatic heterocycles. The molecule has 114 valence electrons. The summed E-state index contributed by atoms with van der Waals surface area (Å²) < 4.78 is 23.1. The molecule has 0 spiro atoms. The second kappa shape index (κ2) is 4.96. The number of amides is 1. The topological polar surface area (TPSA) is 78.5 Å². The second-order valence-corrected chi connectivity index (χ2v) is 9.01. The van der Waals surface area contributed by atoms with Gasteiger partial charge in [-0.25, -0.2) is 8.42 Å². The number of carbonyl (C=O) groups excluding carboxylic acids is 1. The average Bonchev–Trinajstić information content (AvgIpc) is 2.91. The molecule has 3 rings (SSSR count). The van der Waals surface area contributed by atoms with E-state index in [1.54, 1.807) is 0 Å². The van der Waals surface area contributed by atoms with Crippen molar-refractivity contribution in [1.29, 1.82) is 0 Å². The van der Waals surface area contributed by atoms with Crippen LogP contribution >= 0.6 is 0 Å². The Morgan fingerprint density at radius 3 is 2.55 bits per heavy atom. The van der Waals surface area contributed by atoms with Gasteiger partial charge in [-0.2, -0.15) is 0 Å². The minimum atomic E-state index is -2.98. The number of hydrogen-bond acceptors (Lipinski definition) is 5. The van der Waals surface area contributed by atoms with Gasteiger partial charge in [-0.05, 0) is 38.3 Å². The van der Waals surface area contributed by atoms with E-state index in [2.05, 4.69) is 15.5 Å². The fourth-order valence-corrected chi connectivity index (χ4v) is 5.86. The first-order chi connectivity index (χ1) is 9.35. The molecule has 3 atom stereocenters. The van der Waals surface area contributed by atoms with Crippen molar-refractivity contribution in [2.75, 3.05) is 44.2 Å². The van der Waals surface area contributed by atoms with Gasteiger partial charge >= 0.3 is 0 Å². The highest BCUT2D eigenvalue weighted by molar-refractivity contribution is 7.91. The van der Waals surface area contributed by atoms with E-state index in [-0.39, 0.29) is 17.4 Å². The zero-order chi connectivity index (χ0) is 14.4. The Morgan fingerprint density at radius 1 is 1.35 bits per heavy atom. The second-order valence-electron chi connectivity index (χ2n) is 6.82. The van der Waals surface area contributed by atoms with Crippen LogP contribution in [0.2, 0.25) is 0 Å². The minimum absolute atomic E-state index is 0.0440. The third-order valence-corrected chi connectivity index (χ3v) is 6.68. The summed E-state index contributed by atoms with van der Waals surface area (Å²) in [5.41, 5.74) is -0.576. The lowest BCUT2D eigenvalue weighted by molar-refractivity contribution is -0.123. The molecule has 0 saturated carbocycles. The summed E-state index contributed by atoms with van der Waals surface area (Å²) in [6, 6.07) is 0. The van der Waals surface area contributed by atoms with E-state index < -0.39 is 15.4 Å². The van der Waals surface area contributed by atoms with Gasteiger partial charge < -0.3 is 10.6 Å². The summed E-state index contributed by atoms with van der Waals surface area (Å²) in [6.45, 7) is 6.28. The molecule has 7 heteroatoms. The van der Waals surface area contributed by atoms with Crippen LogP contribution in [-0.4, -0.2) is 69.0 Å². The molecule has 3 unspecified atom stereocenters. The van der Waals surface area contributed by atoms with Crippen LogP contribution in [0.1, 0.15) is 13.3 Å². The van der Waals surface area contributed by atoms with Crippen molar-refractivity contribution in [2.24, 2.45) is 11.8 Å². The summed E-state index contributed by atoms with van der Waals surface area (Å²) >= 11 is 0. The molecule has 1 amide bonds. The standard InChI is InChI=1S/C13H23N3O3S/c1-13(2-3-20(18,19)9-13)15-12(17)8-16-6-10-4-14-5-11(10)7-16/h10-11,14H,2-9H2,1H3,(H,15,17). The number of likely N-dealkylation sites (tertiary alicyclic amines) is 1. The monoisotopic (exact) mass is 301 g/mol. The lowest BCUT2D eigenvalue weighted by Crippen LogP contribution is -2.50. The summed E-state index contributed by atoms with van der Waals surface area (Å²) in [4.78, 5) is 14.3. The van der Waals surface area contributed by atoms with Crippen LogP contribution in [0.5, 0.6) is 0 Å². The van der Waals surface area contributed by atoms with E-state index in [9.17, 15) is 13.2 Å². The number of hydrogen-bond donors (Lipinski definition) is 2. The zero-order valence-electron chi connectivity index (χ0n) is 11.9. The highest BCUT2D eigenvalue weighted by Gasteiger charge is 2.41. The molecule has 0 aromatic carbocycles. The molecule has 0 radical (unpaired) electrons. The number of rotatable bonds is 3. The van der Waals surface area contributed by atoms with Gasteiger partial charge in [0.25, 0.3) is 0 Å². The van der Waals surface area contributed by atoms with Crippen molar-refractivity contribution in [3.8, 4) is 0 Å². The lowest BCUT2D eigenvalue weighted by atomic mass is 10.0. The molecule has 20 heavy (non-hydrogen) atoms. The Balaban J connectivity index is 1.51.